The molecule has 0 aromatic rings. The third-order valence-corrected chi connectivity index (χ3v) is 7.38. The molecule has 0 aliphatic rings. The summed E-state index contributed by atoms with van der Waals surface area (Å²) in [4.78, 5) is 0. The van der Waals surface area contributed by atoms with E-state index in [-0.39, 0.29) is 6.61 Å². The second kappa shape index (κ2) is 3.84. The maximum atomic E-state index is 8.77. The van der Waals surface area contributed by atoms with Gasteiger partial charge in [-0.2, -0.15) is 0 Å². The Morgan fingerprint density at radius 2 is 1.55 bits per heavy atom. The lowest BCUT2D eigenvalue weighted by Gasteiger charge is -2.30. The third-order valence-electron chi connectivity index (χ3n) is 1.30. The van der Waals surface area contributed by atoms with E-state index >= 15 is 0 Å². The van der Waals surface area contributed by atoms with Crippen LogP contribution in [0.2, 0.25) is 38.8 Å². The molecule has 0 heterocycles. The minimum atomic E-state index is -1.53. The van der Waals surface area contributed by atoms with Crippen molar-refractivity contribution in [1.82, 2.24) is 0 Å². The smallest absolute Gasteiger partial charge is 0.175 e. The van der Waals surface area contributed by atoms with Crippen LogP contribution in [0.5, 0.6) is 0 Å². The van der Waals surface area contributed by atoms with E-state index in [1.54, 1.807) is 0 Å². The van der Waals surface area contributed by atoms with Crippen molar-refractivity contribution in [3.63, 3.8) is 0 Å². The zero-order valence-electron chi connectivity index (χ0n) is 8.27. The van der Waals surface area contributed by atoms with Crippen LogP contribution in [0.1, 0.15) is 0 Å². The average Bonchev–Trinajstić information content (AvgIpc) is 1.55. The number of aliphatic hydroxyl groups is 1. The van der Waals surface area contributed by atoms with Gasteiger partial charge in [0.2, 0.25) is 0 Å². The number of hydrogen-bond acceptors (Lipinski definition) is 2. The topological polar surface area (TPSA) is 29.5 Å². The van der Waals surface area contributed by atoms with Gasteiger partial charge in [0.1, 0.15) is 0 Å². The number of aliphatic hydroxyl groups excluding tert-OH is 1. The van der Waals surface area contributed by atoms with Crippen molar-refractivity contribution in [2.75, 3.05) is 6.61 Å². The Labute approximate surface area is 71.8 Å². The Balaban J connectivity index is 3.91. The van der Waals surface area contributed by atoms with Crippen LogP contribution in [-0.2, 0) is 4.12 Å². The standard InChI is InChI=1S/C7H20O2Si2/c1-10(2,3)9-11(4,5)7-6-8/h8H,6-7H2,1-5H3. The van der Waals surface area contributed by atoms with Crippen molar-refractivity contribution < 1.29 is 9.22 Å². The second-order valence-corrected chi connectivity index (χ2v) is 13.5. The SMILES string of the molecule is C[Si](C)(C)O[Si](C)(C)CCO. The summed E-state index contributed by atoms with van der Waals surface area (Å²) in [5.41, 5.74) is 0. The number of hydrogen-bond donors (Lipinski definition) is 1. The predicted octanol–water partition coefficient (Wildman–Crippen LogP) is 2.04. The van der Waals surface area contributed by atoms with Gasteiger partial charge in [-0.25, -0.2) is 0 Å². The monoisotopic (exact) mass is 192 g/mol. The van der Waals surface area contributed by atoms with Gasteiger partial charge in [-0.15, -0.1) is 0 Å². The molecule has 11 heavy (non-hydrogen) atoms. The van der Waals surface area contributed by atoms with Crippen molar-refractivity contribution in [3.05, 3.63) is 0 Å². The molecular weight excluding hydrogens is 172 g/mol. The van der Waals surface area contributed by atoms with Gasteiger partial charge in [0, 0.05) is 6.61 Å². The summed E-state index contributed by atoms with van der Waals surface area (Å²) in [5, 5.41) is 8.77. The van der Waals surface area contributed by atoms with E-state index in [4.69, 9.17) is 9.22 Å². The molecule has 4 heteroatoms. The van der Waals surface area contributed by atoms with Gasteiger partial charge in [0.15, 0.2) is 16.6 Å². The average molecular weight is 192 g/mol. The van der Waals surface area contributed by atoms with Crippen LogP contribution >= 0.6 is 0 Å². The molecule has 0 aromatic heterocycles. The summed E-state index contributed by atoms with van der Waals surface area (Å²) in [5.74, 6) is 0. The Morgan fingerprint density at radius 3 is 1.82 bits per heavy atom. The largest absolute Gasteiger partial charge is 0.456 e. The zero-order chi connectivity index (χ0) is 9.12. The van der Waals surface area contributed by atoms with Crippen LogP contribution < -0.4 is 0 Å². The fourth-order valence-corrected chi connectivity index (χ4v) is 8.73. The molecule has 0 aliphatic heterocycles. The van der Waals surface area contributed by atoms with Gasteiger partial charge in [0.05, 0.1) is 0 Å². The first-order valence-corrected chi connectivity index (χ1v) is 10.6. The fraction of sp³-hybridized carbons (Fsp3) is 1.00. The quantitative estimate of drug-likeness (QED) is 0.691. The van der Waals surface area contributed by atoms with Gasteiger partial charge in [-0.1, -0.05) is 0 Å². The van der Waals surface area contributed by atoms with E-state index in [9.17, 15) is 0 Å². The minimum Gasteiger partial charge on any atom is -0.456 e. The van der Waals surface area contributed by atoms with Crippen LogP contribution in [0.3, 0.4) is 0 Å². The molecule has 0 atom stereocenters. The Hall–Kier alpha value is 0.354. The lowest BCUT2D eigenvalue weighted by atomic mass is 10.9. The molecule has 0 spiro atoms. The van der Waals surface area contributed by atoms with Gasteiger partial charge in [-0.05, 0) is 38.8 Å². The number of rotatable bonds is 4. The highest BCUT2D eigenvalue weighted by Gasteiger charge is 2.28. The van der Waals surface area contributed by atoms with Crippen LogP contribution in [0.15, 0.2) is 0 Å². The zero-order valence-corrected chi connectivity index (χ0v) is 10.3. The molecule has 0 rings (SSSR count). The lowest BCUT2D eigenvalue weighted by Crippen LogP contribution is -2.42. The Morgan fingerprint density at radius 1 is 1.09 bits per heavy atom. The van der Waals surface area contributed by atoms with E-state index < -0.39 is 16.6 Å². The van der Waals surface area contributed by atoms with Crippen molar-refractivity contribution in [2.45, 2.75) is 38.8 Å². The summed E-state index contributed by atoms with van der Waals surface area (Å²) in [7, 11) is -2.91. The molecule has 0 fully saturated rings. The molecule has 0 radical (unpaired) electrons. The highest BCUT2D eigenvalue weighted by Crippen LogP contribution is 2.17. The summed E-state index contributed by atoms with van der Waals surface area (Å²) < 4.78 is 5.98. The molecule has 0 aliphatic carbocycles. The highest BCUT2D eigenvalue weighted by atomic mass is 28.4. The fourth-order valence-electron chi connectivity index (χ4n) is 1.15. The van der Waals surface area contributed by atoms with Crippen molar-refractivity contribution in [2.24, 2.45) is 0 Å². The first-order chi connectivity index (χ1) is 4.77. The van der Waals surface area contributed by atoms with E-state index in [2.05, 4.69) is 32.7 Å². The summed E-state index contributed by atoms with van der Waals surface area (Å²) in [6.45, 7) is 11.2. The molecule has 0 unspecified atom stereocenters. The maximum Gasteiger partial charge on any atom is 0.175 e. The van der Waals surface area contributed by atoms with E-state index in [0.29, 0.717) is 0 Å². The van der Waals surface area contributed by atoms with E-state index in [0.717, 1.165) is 6.04 Å². The van der Waals surface area contributed by atoms with Crippen molar-refractivity contribution in [1.29, 1.82) is 0 Å². The Bertz CT molecular complexity index is 118. The molecule has 0 amide bonds. The Kier molecular flexibility index (Phi) is 3.97. The molecule has 68 valence electrons. The summed E-state index contributed by atoms with van der Waals surface area (Å²) in [6.07, 6.45) is 0. The van der Waals surface area contributed by atoms with Crippen LogP contribution in [-0.4, -0.2) is 28.3 Å². The van der Waals surface area contributed by atoms with Gasteiger partial charge in [0.25, 0.3) is 0 Å². The van der Waals surface area contributed by atoms with Gasteiger partial charge in [-0.3, -0.25) is 0 Å². The lowest BCUT2D eigenvalue weighted by molar-refractivity contribution is 0.311. The molecule has 2 nitrogen and oxygen atoms in total. The normalized spacial score (nSPS) is 13.6. The van der Waals surface area contributed by atoms with Crippen molar-refractivity contribution >= 4 is 16.6 Å². The van der Waals surface area contributed by atoms with Crippen molar-refractivity contribution in [3.8, 4) is 0 Å². The van der Waals surface area contributed by atoms with Crippen LogP contribution in [0.25, 0.3) is 0 Å². The minimum absolute atomic E-state index is 0.268. The van der Waals surface area contributed by atoms with Crippen LogP contribution in [0, 0.1) is 0 Å². The van der Waals surface area contributed by atoms with Crippen LogP contribution in [0.4, 0.5) is 0 Å². The van der Waals surface area contributed by atoms with E-state index in [1.165, 1.54) is 0 Å². The first kappa shape index (κ1) is 11.4. The maximum absolute atomic E-state index is 8.77. The summed E-state index contributed by atoms with van der Waals surface area (Å²) in [6, 6.07) is 0.858. The highest BCUT2D eigenvalue weighted by molar-refractivity contribution is 6.84. The second-order valence-electron chi connectivity index (χ2n) is 4.45. The molecule has 0 saturated carbocycles. The molecular formula is C7H20O2Si2. The van der Waals surface area contributed by atoms with E-state index in [1.807, 2.05) is 0 Å². The predicted molar refractivity (Wildman–Crippen MR) is 53.8 cm³/mol. The molecule has 0 aromatic carbocycles. The third kappa shape index (κ3) is 6.74. The molecule has 0 saturated heterocycles. The first-order valence-electron chi connectivity index (χ1n) is 4.08. The molecule has 0 bridgehead atoms. The summed E-state index contributed by atoms with van der Waals surface area (Å²) >= 11 is 0. The molecule has 1 N–H and O–H groups in total. The van der Waals surface area contributed by atoms with Gasteiger partial charge < -0.3 is 9.22 Å². The van der Waals surface area contributed by atoms with Gasteiger partial charge >= 0.3 is 0 Å².